The van der Waals surface area contributed by atoms with Crippen molar-refractivity contribution in [3.63, 3.8) is 0 Å². The zero-order chi connectivity index (χ0) is 17.6. The zero-order valence-electron chi connectivity index (χ0n) is 13.7. The van der Waals surface area contributed by atoms with E-state index < -0.39 is 17.4 Å². The number of hydrogen-bond acceptors (Lipinski definition) is 3. The second kappa shape index (κ2) is 7.79. The molecule has 1 unspecified atom stereocenters. The number of carbonyl (C=O) groups is 1. The number of aliphatic hydroxyl groups is 1. The highest BCUT2D eigenvalue weighted by molar-refractivity contribution is 5.89. The molecule has 0 fully saturated rings. The van der Waals surface area contributed by atoms with Gasteiger partial charge in [0.15, 0.2) is 11.6 Å². The third-order valence-corrected chi connectivity index (χ3v) is 3.48. The molecule has 24 heavy (non-hydrogen) atoms. The van der Waals surface area contributed by atoms with Crippen molar-refractivity contribution in [3.05, 3.63) is 59.9 Å². The van der Waals surface area contributed by atoms with Gasteiger partial charge in [-0.15, -0.1) is 0 Å². The van der Waals surface area contributed by atoms with Gasteiger partial charge in [-0.3, -0.25) is 0 Å². The number of hydrogen-bond donors (Lipinski definition) is 3. The Labute approximate surface area is 140 Å². The first-order valence-corrected chi connectivity index (χ1v) is 7.67. The molecule has 6 heteroatoms. The van der Waals surface area contributed by atoms with Crippen LogP contribution in [0, 0.1) is 5.82 Å². The molecule has 0 saturated carbocycles. The average Bonchev–Trinajstić information content (AvgIpc) is 2.57. The van der Waals surface area contributed by atoms with Crippen molar-refractivity contribution in [2.75, 3.05) is 18.5 Å². The Morgan fingerprint density at radius 1 is 1.25 bits per heavy atom. The molecule has 128 valence electrons. The van der Waals surface area contributed by atoms with Crippen LogP contribution in [0.3, 0.4) is 0 Å². The summed E-state index contributed by atoms with van der Waals surface area (Å²) in [6, 6.07) is 12.7. The van der Waals surface area contributed by atoms with E-state index >= 15 is 0 Å². The Kier molecular flexibility index (Phi) is 5.76. The van der Waals surface area contributed by atoms with E-state index in [1.165, 1.54) is 12.1 Å². The van der Waals surface area contributed by atoms with E-state index in [-0.39, 0.29) is 12.3 Å². The Morgan fingerprint density at radius 2 is 1.96 bits per heavy atom. The number of anilines is 1. The van der Waals surface area contributed by atoms with Gasteiger partial charge >= 0.3 is 6.03 Å². The topological polar surface area (TPSA) is 70.6 Å². The maximum atomic E-state index is 13.7. The monoisotopic (exact) mass is 332 g/mol. The number of ether oxygens (including phenoxy) is 1. The molecule has 0 aliphatic carbocycles. The van der Waals surface area contributed by atoms with E-state index in [4.69, 9.17) is 4.74 Å². The van der Waals surface area contributed by atoms with Crippen LogP contribution in [0.25, 0.3) is 0 Å². The third kappa shape index (κ3) is 4.70. The summed E-state index contributed by atoms with van der Waals surface area (Å²) in [5.74, 6) is -0.415. The Hall–Kier alpha value is -2.60. The molecule has 0 bridgehead atoms. The number of nitrogens with one attached hydrogen (secondary N) is 2. The summed E-state index contributed by atoms with van der Waals surface area (Å²) in [5, 5.41) is 15.5. The molecule has 0 spiro atoms. The molecule has 0 heterocycles. The lowest BCUT2D eigenvalue weighted by Crippen LogP contribution is -2.40. The van der Waals surface area contributed by atoms with E-state index in [1.807, 2.05) is 18.2 Å². The first kappa shape index (κ1) is 17.7. The highest BCUT2D eigenvalue weighted by Crippen LogP contribution is 2.21. The summed E-state index contributed by atoms with van der Waals surface area (Å²) >= 11 is 0. The standard InChI is InChI=1S/C18H21FN2O3/c1-3-24-16-10-9-14(11-15(16)19)21-17(22)20-12-18(2,23)13-7-5-4-6-8-13/h4-11,23H,3,12H2,1-2H3,(H2,20,21,22). The molecule has 5 nitrogen and oxygen atoms in total. The minimum atomic E-state index is -1.21. The van der Waals surface area contributed by atoms with Crippen LogP contribution in [0.15, 0.2) is 48.5 Å². The second-order valence-corrected chi connectivity index (χ2v) is 5.53. The molecule has 0 radical (unpaired) electrons. The largest absolute Gasteiger partial charge is 0.491 e. The van der Waals surface area contributed by atoms with Crippen molar-refractivity contribution in [2.24, 2.45) is 0 Å². The third-order valence-electron chi connectivity index (χ3n) is 3.48. The molecule has 0 aliphatic heterocycles. The lowest BCUT2D eigenvalue weighted by molar-refractivity contribution is 0.0599. The fraction of sp³-hybridized carbons (Fsp3) is 0.278. The highest BCUT2D eigenvalue weighted by Gasteiger charge is 2.23. The minimum Gasteiger partial charge on any atom is -0.491 e. The minimum absolute atomic E-state index is 0.0162. The fourth-order valence-electron chi connectivity index (χ4n) is 2.18. The van der Waals surface area contributed by atoms with Crippen molar-refractivity contribution in [2.45, 2.75) is 19.4 Å². The first-order valence-electron chi connectivity index (χ1n) is 7.67. The van der Waals surface area contributed by atoms with Crippen LogP contribution in [-0.4, -0.2) is 24.3 Å². The summed E-state index contributed by atoms with van der Waals surface area (Å²) in [6.07, 6.45) is 0. The Bertz CT molecular complexity index is 690. The summed E-state index contributed by atoms with van der Waals surface area (Å²) < 4.78 is 18.8. The van der Waals surface area contributed by atoms with E-state index in [1.54, 1.807) is 32.0 Å². The summed E-state index contributed by atoms with van der Waals surface area (Å²) in [5.41, 5.74) is -0.215. The molecule has 0 aromatic heterocycles. The molecule has 2 amide bonds. The Balaban J connectivity index is 1.93. The van der Waals surface area contributed by atoms with Gasteiger partial charge in [0, 0.05) is 11.8 Å². The van der Waals surface area contributed by atoms with Crippen LogP contribution in [-0.2, 0) is 5.60 Å². The van der Waals surface area contributed by atoms with Crippen LogP contribution < -0.4 is 15.4 Å². The molecule has 0 aliphatic rings. The molecule has 1 atom stereocenters. The van der Waals surface area contributed by atoms with Crippen LogP contribution in [0.1, 0.15) is 19.4 Å². The van der Waals surface area contributed by atoms with Gasteiger partial charge in [-0.2, -0.15) is 0 Å². The van der Waals surface area contributed by atoms with Crippen LogP contribution in [0.4, 0.5) is 14.9 Å². The van der Waals surface area contributed by atoms with E-state index in [2.05, 4.69) is 10.6 Å². The molecule has 2 aromatic rings. The van der Waals surface area contributed by atoms with Crippen molar-refractivity contribution >= 4 is 11.7 Å². The predicted octanol–water partition coefficient (Wildman–Crippen LogP) is 3.25. The van der Waals surface area contributed by atoms with Gasteiger partial charge in [-0.05, 0) is 31.5 Å². The molecule has 3 N–H and O–H groups in total. The number of carbonyl (C=O) groups excluding carboxylic acids is 1. The van der Waals surface area contributed by atoms with Crippen LogP contribution in [0.5, 0.6) is 5.75 Å². The maximum absolute atomic E-state index is 13.7. The first-order chi connectivity index (χ1) is 11.4. The van der Waals surface area contributed by atoms with E-state index in [0.29, 0.717) is 17.9 Å². The lowest BCUT2D eigenvalue weighted by atomic mass is 9.96. The lowest BCUT2D eigenvalue weighted by Gasteiger charge is -2.24. The second-order valence-electron chi connectivity index (χ2n) is 5.53. The number of urea groups is 1. The van der Waals surface area contributed by atoms with Gasteiger partial charge in [0.05, 0.1) is 13.2 Å². The van der Waals surface area contributed by atoms with Crippen molar-refractivity contribution in [1.82, 2.24) is 5.32 Å². The zero-order valence-corrected chi connectivity index (χ0v) is 13.7. The molecule has 2 rings (SSSR count). The molecule has 0 saturated heterocycles. The average molecular weight is 332 g/mol. The van der Waals surface area contributed by atoms with Gasteiger partial charge in [-0.25, -0.2) is 9.18 Å². The summed E-state index contributed by atoms with van der Waals surface area (Å²) in [4.78, 5) is 11.9. The smallest absolute Gasteiger partial charge is 0.319 e. The van der Waals surface area contributed by atoms with Crippen molar-refractivity contribution < 1.29 is 19.0 Å². The normalized spacial score (nSPS) is 13.0. The van der Waals surface area contributed by atoms with Gasteiger partial charge in [0.2, 0.25) is 0 Å². The van der Waals surface area contributed by atoms with Crippen molar-refractivity contribution in [3.8, 4) is 5.75 Å². The van der Waals surface area contributed by atoms with Crippen LogP contribution >= 0.6 is 0 Å². The predicted molar refractivity (Wildman–Crippen MR) is 90.6 cm³/mol. The SMILES string of the molecule is CCOc1ccc(NC(=O)NCC(C)(O)c2ccccc2)cc1F. The van der Waals surface area contributed by atoms with Gasteiger partial charge in [0.1, 0.15) is 5.60 Å². The van der Waals surface area contributed by atoms with Crippen LogP contribution in [0.2, 0.25) is 0 Å². The van der Waals surface area contributed by atoms with E-state index in [0.717, 1.165) is 0 Å². The van der Waals surface area contributed by atoms with Gasteiger partial charge < -0.3 is 20.5 Å². The highest BCUT2D eigenvalue weighted by atomic mass is 19.1. The molecular formula is C18H21FN2O3. The number of amides is 2. The van der Waals surface area contributed by atoms with Gasteiger partial charge in [0.25, 0.3) is 0 Å². The van der Waals surface area contributed by atoms with Crippen molar-refractivity contribution in [1.29, 1.82) is 0 Å². The van der Waals surface area contributed by atoms with Gasteiger partial charge in [-0.1, -0.05) is 30.3 Å². The fourth-order valence-corrected chi connectivity index (χ4v) is 2.18. The molecule has 2 aromatic carbocycles. The summed E-state index contributed by atoms with van der Waals surface area (Å²) in [6.45, 7) is 3.75. The number of halogens is 1. The summed E-state index contributed by atoms with van der Waals surface area (Å²) in [7, 11) is 0. The number of benzene rings is 2. The van der Waals surface area contributed by atoms with E-state index in [9.17, 15) is 14.3 Å². The maximum Gasteiger partial charge on any atom is 0.319 e. The quantitative estimate of drug-likeness (QED) is 0.760. The number of rotatable bonds is 6. The molecular weight excluding hydrogens is 311 g/mol. The Morgan fingerprint density at radius 3 is 2.58 bits per heavy atom.